The maximum atomic E-state index is 13.1. The summed E-state index contributed by atoms with van der Waals surface area (Å²) in [6.45, 7) is 1.79. The molecule has 2 nitrogen and oxygen atoms in total. The van der Waals surface area contributed by atoms with Crippen molar-refractivity contribution < 1.29 is 13.5 Å². The summed E-state index contributed by atoms with van der Waals surface area (Å²) in [7, 11) is 0. The fourth-order valence-corrected chi connectivity index (χ4v) is 3.23. The number of benzene rings is 1. The summed E-state index contributed by atoms with van der Waals surface area (Å²) in [5.41, 5.74) is 5.88. The molecule has 0 aliphatic carbocycles. The molecule has 0 saturated heterocycles. The molecule has 1 heterocycles. The van der Waals surface area contributed by atoms with E-state index in [2.05, 4.69) is 15.9 Å². The Morgan fingerprint density at radius 3 is 2.32 bits per heavy atom. The molecule has 102 valence electrons. The van der Waals surface area contributed by atoms with Crippen LogP contribution in [0.1, 0.15) is 17.9 Å². The average molecular weight is 348 g/mol. The van der Waals surface area contributed by atoms with Crippen molar-refractivity contribution in [3.05, 3.63) is 50.6 Å². The molecular formula is C13H12BrF2NOS. The lowest BCUT2D eigenvalue weighted by atomic mass is 10.1. The van der Waals surface area contributed by atoms with E-state index in [1.54, 1.807) is 6.92 Å². The van der Waals surface area contributed by atoms with E-state index in [0.29, 0.717) is 0 Å². The third-order valence-electron chi connectivity index (χ3n) is 2.44. The van der Waals surface area contributed by atoms with Crippen LogP contribution in [0.25, 0.3) is 0 Å². The molecule has 1 aromatic carbocycles. The predicted molar refractivity (Wildman–Crippen MR) is 75.4 cm³/mol. The summed E-state index contributed by atoms with van der Waals surface area (Å²) in [4.78, 5) is 0.895. The molecule has 0 saturated carbocycles. The second-order valence-corrected chi connectivity index (χ2v) is 6.03. The normalized spacial score (nSPS) is 14.2. The zero-order valence-electron chi connectivity index (χ0n) is 10.1. The second kappa shape index (κ2) is 5.98. The summed E-state index contributed by atoms with van der Waals surface area (Å²) in [5.74, 6) is -1.22. The summed E-state index contributed by atoms with van der Waals surface area (Å²) < 4.78 is 32.8. The Balaban J connectivity index is 2.26. The average Bonchev–Trinajstić information content (AvgIpc) is 2.70. The number of nitrogens with two attached hydrogens (primary N) is 1. The molecule has 2 unspecified atom stereocenters. The van der Waals surface area contributed by atoms with Crippen molar-refractivity contribution in [2.75, 3.05) is 0 Å². The zero-order chi connectivity index (χ0) is 14.0. The van der Waals surface area contributed by atoms with Crippen molar-refractivity contribution in [3.8, 4) is 5.75 Å². The number of ether oxygens (including phenoxy) is 1. The Kier molecular flexibility index (Phi) is 4.54. The monoisotopic (exact) mass is 347 g/mol. The quantitative estimate of drug-likeness (QED) is 0.896. The Morgan fingerprint density at radius 2 is 1.84 bits per heavy atom. The van der Waals surface area contributed by atoms with Gasteiger partial charge in [-0.15, -0.1) is 11.3 Å². The number of thiophene rings is 1. The standard InChI is InChI=1S/C13H12BrF2NOS/c1-7(17)13(12-2-8(14)6-19-12)18-11-4-9(15)3-10(16)5-11/h2-7,13H,17H2,1H3. The van der Waals surface area contributed by atoms with Crippen LogP contribution in [0.15, 0.2) is 34.1 Å². The van der Waals surface area contributed by atoms with Crippen molar-refractivity contribution in [2.45, 2.75) is 19.1 Å². The molecule has 2 atom stereocenters. The third kappa shape index (κ3) is 3.75. The lowest BCUT2D eigenvalue weighted by Gasteiger charge is -2.21. The van der Waals surface area contributed by atoms with Gasteiger partial charge in [0.2, 0.25) is 0 Å². The maximum Gasteiger partial charge on any atom is 0.148 e. The van der Waals surface area contributed by atoms with E-state index >= 15 is 0 Å². The smallest absolute Gasteiger partial charge is 0.148 e. The molecule has 0 radical (unpaired) electrons. The number of rotatable bonds is 4. The highest BCUT2D eigenvalue weighted by Gasteiger charge is 2.20. The maximum absolute atomic E-state index is 13.1. The van der Waals surface area contributed by atoms with Crippen LogP contribution in [-0.4, -0.2) is 6.04 Å². The van der Waals surface area contributed by atoms with Crippen LogP contribution >= 0.6 is 27.3 Å². The van der Waals surface area contributed by atoms with Crippen LogP contribution in [0, 0.1) is 11.6 Å². The molecule has 0 aliphatic heterocycles. The van der Waals surface area contributed by atoms with Crippen LogP contribution in [-0.2, 0) is 0 Å². The summed E-state index contributed by atoms with van der Waals surface area (Å²) in [6.07, 6.45) is -0.447. The van der Waals surface area contributed by atoms with Crippen molar-refractivity contribution in [3.63, 3.8) is 0 Å². The zero-order valence-corrected chi connectivity index (χ0v) is 12.5. The van der Waals surface area contributed by atoms with Gasteiger partial charge in [0.1, 0.15) is 23.5 Å². The predicted octanol–water partition coefficient (Wildman–Crippen LogP) is 4.26. The van der Waals surface area contributed by atoms with E-state index < -0.39 is 17.7 Å². The molecule has 19 heavy (non-hydrogen) atoms. The van der Waals surface area contributed by atoms with E-state index in [9.17, 15) is 8.78 Å². The van der Waals surface area contributed by atoms with Crippen LogP contribution in [0.4, 0.5) is 8.78 Å². The minimum atomic E-state index is -0.675. The van der Waals surface area contributed by atoms with Crippen molar-refractivity contribution in [1.82, 2.24) is 0 Å². The van der Waals surface area contributed by atoms with Gasteiger partial charge in [-0.05, 0) is 28.9 Å². The summed E-state index contributed by atoms with van der Waals surface area (Å²) in [6, 6.07) is 4.66. The Labute approximate surface area is 122 Å². The van der Waals surface area contributed by atoms with Gasteiger partial charge in [0, 0.05) is 39.0 Å². The molecule has 0 bridgehead atoms. The molecular weight excluding hydrogens is 336 g/mol. The Morgan fingerprint density at radius 1 is 1.21 bits per heavy atom. The minimum Gasteiger partial charge on any atom is -0.483 e. The first-order valence-electron chi connectivity index (χ1n) is 5.58. The fourth-order valence-electron chi connectivity index (χ4n) is 1.65. The van der Waals surface area contributed by atoms with Crippen LogP contribution in [0.3, 0.4) is 0 Å². The lowest BCUT2D eigenvalue weighted by molar-refractivity contribution is 0.182. The number of hydrogen-bond acceptors (Lipinski definition) is 3. The van der Waals surface area contributed by atoms with E-state index in [4.69, 9.17) is 10.5 Å². The van der Waals surface area contributed by atoms with Crippen LogP contribution < -0.4 is 10.5 Å². The minimum absolute atomic E-state index is 0.129. The van der Waals surface area contributed by atoms with Crippen molar-refractivity contribution in [1.29, 1.82) is 0 Å². The van der Waals surface area contributed by atoms with E-state index in [-0.39, 0.29) is 11.8 Å². The topological polar surface area (TPSA) is 35.2 Å². The van der Waals surface area contributed by atoms with Crippen LogP contribution in [0.2, 0.25) is 0 Å². The molecule has 2 rings (SSSR count). The molecule has 0 aliphatic rings. The third-order valence-corrected chi connectivity index (χ3v) is 4.20. The highest BCUT2D eigenvalue weighted by molar-refractivity contribution is 9.10. The van der Waals surface area contributed by atoms with Gasteiger partial charge in [0.15, 0.2) is 0 Å². The van der Waals surface area contributed by atoms with Crippen molar-refractivity contribution in [2.24, 2.45) is 5.73 Å². The molecule has 0 amide bonds. The van der Waals surface area contributed by atoms with Gasteiger partial charge in [0.05, 0.1) is 0 Å². The summed E-state index contributed by atoms with van der Waals surface area (Å²) in [5, 5.41) is 1.90. The fraction of sp³-hybridized carbons (Fsp3) is 0.231. The first-order chi connectivity index (χ1) is 8.95. The SMILES string of the molecule is CC(N)C(Oc1cc(F)cc(F)c1)c1cc(Br)cs1. The molecule has 6 heteroatoms. The van der Waals surface area contributed by atoms with Crippen LogP contribution in [0.5, 0.6) is 5.75 Å². The highest BCUT2D eigenvalue weighted by atomic mass is 79.9. The summed E-state index contributed by atoms with van der Waals surface area (Å²) >= 11 is 4.83. The van der Waals surface area contributed by atoms with Gasteiger partial charge in [-0.1, -0.05) is 0 Å². The van der Waals surface area contributed by atoms with Gasteiger partial charge in [-0.3, -0.25) is 0 Å². The number of hydrogen-bond donors (Lipinski definition) is 1. The van der Waals surface area contributed by atoms with Gasteiger partial charge < -0.3 is 10.5 Å². The molecule has 1 aromatic heterocycles. The van der Waals surface area contributed by atoms with Gasteiger partial charge in [-0.2, -0.15) is 0 Å². The molecule has 2 aromatic rings. The first-order valence-corrected chi connectivity index (χ1v) is 7.25. The lowest BCUT2D eigenvalue weighted by Crippen LogP contribution is -2.28. The number of halogens is 3. The second-order valence-electron chi connectivity index (χ2n) is 4.17. The largest absolute Gasteiger partial charge is 0.483 e. The molecule has 0 spiro atoms. The van der Waals surface area contributed by atoms with E-state index in [0.717, 1.165) is 27.5 Å². The molecule has 2 N–H and O–H groups in total. The highest BCUT2D eigenvalue weighted by Crippen LogP contribution is 2.31. The van der Waals surface area contributed by atoms with E-state index in [1.165, 1.54) is 11.3 Å². The Bertz CT molecular complexity index is 553. The van der Waals surface area contributed by atoms with Gasteiger partial charge >= 0.3 is 0 Å². The van der Waals surface area contributed by atoms with Gasteiger partial charge in [-0.25, -0.2) is 8.78 Å². The van der Waals surface area contributed by atoms with E-state index in [1.807, 2.05) is 11.4 Å². The Hall–Kier alpha value is -0.980. The molecule has 0 fully saturated rings. The van der Waals surface area contributed by atoms with Crippen molar-refractivity contribution >= 4 is 27.3 Å². The van der Waals surface area contributed by atoms with Gasteiger partial charge in [0.25, 0.3) is 0 Å². The first kappa shape index (κ1) is 14.4.